The molecule has 0 atom stereocenters. The average molecular weight is 228 g/mol. The zero-order valence-corrected chi connectivity index (χ0v) is 8.59. The first-order valence-corrected chi connectivity index (χ1v) is 4.60. The van der Waals surface area contributed by atoms with Gasteiger partial charge in [-0.05, 0) is 22.0 Å². The lowest BCUT2D eigenvalue weighted by atomic mass is 10.4. The highest BCUT2D eigenvalue weighted by atomic mass is 79.9. The van der Waals surface area contributed by atoms with E-state index in [1.54, 1.807) is 12.5 Å². The van der Waals surface area contributed by atoms with Gasteiger partial charge >= 0.3 is 0 Å². The smallest absolute Gasteiger partial charge is 0.177 e. The van der Waals surface area contributed by atoms with Crippen LogP contribution in [0.5, 0.6) is 0 Å². The van der Waals surface area contributed by atoms with Gasteiger partial charge in [-0.15, -0.1) is 0 Å². The van der Waals surface area contributed by atoms with Crippen molar-refractivity contribution >= 4 is 27.1 Å². The molecule has 0 fully saturated rings. The highest BCUT2D eigenvalue weighted by molar-refractivity contribution is 9.10. The van der Waals surface area contributed by atoms with E-state index in [0.29, 0.717) is 0 Å². The molecule has 12 heavy (non-hydrogen) atoms. The average Bonchev–Trinajstić information content (AvgIpc) is 2.54. The van der Waals surface area contributed by atoms with Crippen molar-refractivity contribution in [2.24, 2.45) is 0 Å². The van der Waals surface area contributed by atoms with E-state index in [2.05, 4.69) is 30.9 Å². The third-order valence-corrected chi connectivity index (χ3v) is 1.67. The van der Waals surface area contributed by atoms with Crippen LogP contribution in [0.15, 0.2) is 23.1 Å². The van der Waals surface area contributed by atoms with Crippen LogP contribution < -0.4 is 0 Å². The van der Waals surface area contributed by atoms with Crippen LogP contribution in [0.1, 0.15) is 13.8 Å². The Labute approximate surface area is 79.4 Å². The van der Waals surface area contributed by atoms with E-state index in [1.807, 2.05) is 19.9 Å². The van der Waals surface area contributed by atoms with Crippen LogP contribution in [-0.2, 0) is 0 Å². The van der Waals surface area contributed by atoms with Crippen molar-refractivity contribution in [2.75, 3.05) is 0 Å². The summed E-state index contributed by atoms with van der Waals surface area (Å²) in [6, 6.07) is 1.94. The zero-order chi connectivity index (χ0) is 8.97. The van der Waals surface area contributed by atoms with E-state index in [0.717, 1.165) is 15.6 Å². The number of pyridine rings is 1. The van der Waals surface area contributed by atoms with Crippen molar-refractivity contribution in [1.82, 2.24) is 15.0 Å². The first-order chi connectivity index (χ1) is 5.86. The molecule has 2 aromatic heterocycles. The van der Waals surface area contributed by atoms with Gasteiger partial charge in [-0.2, -0.15) is 0 Å². The molecular formula is C8H10BrN3. The maximum Gasteiger partial charge on any atom is 0.177 e. The molecule has 0 spiro atoms. The molecule has 0 aliphatic heterocycles. The summed E-state index contributed by atoms with van der Waals surface area (Å²) < 4.78 is 0.962. The Bertz CT molecular complexity index is 356. The summed E-state index contributed by atoms with van der Waals surface area (Å²) in [4.78, 5) is 11.0. The summed E-state index contributed by atoms with van der Waals surface area (Å²) >= 11 is 3.31. The van der Waals surface area contributed by atoms with Gasteiger partial charge in [-0.1, -0.05) is 13.8 Å². The second kappa shape index (κ2) is 4.21. The van der Waals surface area contributed by atoms with Crippen LogP contribution in [0.25, 0.3) is 11.2 Å². The lowest BCUT2D eigenvalue weighted by Crippen LogP contribution is -1.74. The first kappa shape index (κ1) is 9.19. The molecule has 64 valence electrons. The van der Waals surface area contributed by atoms with E-state index >= 15 is 0 Å². The van der Waals surface area contributed by atoms with Crippen LogP contribution in [0, 0.1) is 0 Å². The first-order valence-electron chi connectivity index (χ1n) is 3.81. The lowest BCUT2D eigenvalue weighted by Gasteiger charge is -1.86. The van der Waals surface area contributed by atoms with E-state index in [4.69, 9.17) is 0 Å². The second-order valence-electron chi connectivity index (χ2n) is 1.93. The largest absolute Gasteiger partial charge is 0.343 e. The summed E-state index contributed by atoms with van der Waals surface area (Å²) in [5, 5.41) is 0. The van der Waals surface area contributed by atoms with Gasteiger partial charge in [0.25, 0.3) is 0 Å². The summed E-state index contributed by atoms with van der Waals surface area (Å²) in [6.45, 7) is 4.00. The van der Waals surface area contributed by atoms with Crippen molar-refractivity contribution < 1.29 is 0 Å². The van der Waals surface area contributed by atoms with E-state index in [1.165, 1.54) is 0 Å². The molecule has 0 radical (unpaired) electrons. The molecule has 2 heterocycles. The number of H-pyrrole nitrogens is 1. The summed E-state index contributed by atoms with van der Waals surface area (Å²) in [5.41, 5.74) is 1.71. The molecule has 3 nitrogen and oxygen atoms in total. The molecule has 0 aliphatic carbocycles. The van der Waals surface area contributed by atoms with E-state index in [-0.39, 0.29) is 0 Å². The van der Waals surface area contributed by atoms with Gasteiger partial charge in [-0.3, -0.25) is 0 Å². The molecule has 4 heteroatoms. The molecule has 2 rings (SSSR count). The molecule has 0 unspecified atom stereocenters. The maximum atomic E-state index is 4.05. The third-order valence-electron chi connectivity index (χ3n) is 1.24. The van der Waals surface area contributed by atoms with Crippen molar-refractivity contribution in [1.29, 1.82) is 0 Å². The van der Waals surface area contributed by atoms with Gasteiger partial charge in [0, 0.05) is 10.7 Å². The SMILES string of the molecule is Brc1cnc2nc[nH]c2c1.CC. The number of aromatic nitrogens is 3. The minimum absolute atomic E-state index is 0.753. The molecule has 2 aromatic rings. The molecule has 0 aromatic carbocycles. The van der Waals surface area contributed by atoms with Crippen LogP contribution in [0.3, 0.4) is 0 Å². The predicted octanol–water partition coefficient (Wildman–Crippen LogP) is 2.75. The summed E-state index contributed by atoms with van der Waals surface area (Å²) in [6.07, 6.45) is 3.35. The topological polar surface area (TPSA) is 41.6 Å². The Morgan fingerprint density at radius 1 is 1.33 bits per heavy atom. The lowest BCUT2D eigenvalue weighted by molar-refractivity contribution is 1.30. The third kappa shape index (κ3) is 1.82. The summed E-state index contributed by atoms with van der Waals surface area (Å²) in [7, 11) is 0. The quantitative estimate of drug-likeness (QED) is 0.753. The normalized spacial score (nSPS) is 9.25. The minimum Gasteiger partial charge on any atom is -0.343 e. The molecule has 0 saturated carbocycles. The molecule has 1 N–H and O–H groups in total. The van der Waals surface area contributed by atoms with Gasteiger partial charge in [0.05, 0.1) is 11.8 Å². The van der Waals surface area contributed by atoms with Gasteiger partial charge in [0.15, 0.2) is 5.65 Å². The monoisotopic (exact) mass is 227 g/mol. The Hall–Kier alpha value is -0.900. The number of hydrogen-bond donors (Lipinski definition) is 1. The number of halogens is 1. The standard InChI is InChI=1S/C6H4BrN3.C2H6/c7-4-1-5-6(8-2-4)10-3-9-5;1-2/h1-3H,(H,8,9,10);1-2H3. The fraction of sp³-hybridized carbons (Fsp3) is 0.250. The number of nitrogens with one attached hydrogen (secondary N) is 1. The van der Waals surface area contributed by atoms with Crippen LogP contribution in [0.4, 0.5) is 0 Å². The van der Waals surface area contributed by atoms with Crippen LogP contribution in [-0.4, -0.2) is 15.0 Å². The number of aromatic amines is 1. The zero-order valence-electron chi connectivity index (χ0n) is 7.00. The fourth-order valence-electron chi connectivity index (χ4n) is 0.804. The van der Waals surface area contributed by atoms with Crippen molar-refractivity contribution in [3.8, 4) is 0 Å². The van der Waals surface area contributed by atoms with Gasteiger partial charge in [0.1, 0.15) is 0 Å². The second-order valence-corrected chi connectivity index (χ2v) is 2.84. The number of hydrogen-bond acceptors (Lipinski definition) is 2. The van der Waals surface area contributed by atoms with E-state index < -0.39 is 0 Å². The van der Waals surface area contributed by atoms with Crippen LogP contribution in [0.2, 0.25) is 0 Å². The van der Waals surface area contributed by atoms with Crippen molar-refractivity contribution in [3.05, 3.63) is 23.1 Å². The molecule has 0 amide bonds. The number of imidazole rings is 1. The Morgan fingerprint density at radius 2 is 2.08 bits per heavy atom. The predicted molar refractivity (Wildman–Crippen MR) is 52.9 cm³/mol. The highest BCUT2D eigenvalue weighted by Crippen LogP contribution is 2.12. The maximum absolute atomic E-state index is 4.05. The highest BCUT2D eigenvalue weighted by Gasteiger charge is 1.95. The minimum atomic E-state index is 0.753. The molecule has 0 bridgehead atoms. The molecule has 0 aliphatic rings. The number of rotatable bonds is 0. The van der Waals surface area contributed by atoms with Gasteiger partial charge in [-0.25, -0.2) is 9.97 Å². The fourth-order valence-corrected chi connectivity index (χ4v) is 1.14. The van der Waals surface area contributed by atoms with Crippen molar-refractivity contribution in [2.45, 2.75) is 13.8 Å². The summed E-state index contributed by atoms with van der Waals surface area (Å²) in [5.74, 6) is 0. The van der Waals surface area contributed by atoms with E-state index in [9.17, 15) is 0 Å². The molecule has 0 saturated heterocycles. The van der Waals surface area contributed by atoms with Crippen LogP contribution >= 0.6 is 15.9 Å². The number of fused-ring (bicyclic) bond motifs is 1. The van der Waals surface area contributed by atoms with Gasteiger partial charge < -0.3 is 4.98 Å². The Kier molecular flexibility index (Phi) is 3.22. The Balaban J connectivity index is 0.000000336. The van der Waals surface area contributed by atoms with Gasteiger partial charge in [0.2, 0.25) is 0 Å². The molecular weight excluding hydrogens is 218 g/mol. The number of nitrogens with zero attached hydrogens (tertiary/aromatic N) is 2. The van der Waals surface area contributed by atoms with Crippen molar-refractivity contribution in [3.63, 3.8) is 0 Å². The Morgan fingerprint density at radius 3 is 2.83 bits per heavy atom.